The summed E-state index contributed by atoms with van der Waals surface area (Å²) in [6.07, 6.45) is 7.20. The summed E-state index contributed by atoms with van der Waals surface area (Å²) in [4.78, 5) is 0. The molecule has 0 aromatic rings. The molecule has 3 heteroatoms. The van der Waals surface area contributed by atoms with E-state index in [1.54, 1.807) is 0 Å². The minimum absolute atomic E-state index is 0.710. The zero-order valence-corrected chi connectivity index (χ0v) is 5.52. The molecule has 1 aliphatic carbocycles. The molecule has 10 heavy (non-hydrogen) atoms. The van der Waals surface area contributed by atoms with Gasteiger partial charge in [-0.2, -0.15) is 0 Å². The van der Waals surface area contributed by atoms with Gasteiger partial charge in [-0.3, -0.25) is 10.9 Å². The number of nitrogens with two attached hydrogens (primary N) is 1. The van der Waals surface area contributed by atoms with Crippen LogP contribution in [-0.2, 0) is 0 Å². The van der Waals surface area contributed by atoms with Gasteiger partial charge < -0.3 is 5.73 Å². The zero-order chi connectivity index (χ0) is 6.97. The molecular formula is C7H9N3. The second kappa shape index (κ2) is 1.80. The van der Waals surface area contributed by atoms with Crippen LogP contribution >= 0.6 is 0 Å². The fourth-order valence-electron chi connectivity index (χ4n) is 1.13. The number of rotatable bonds is 0. The van der Waals surface area contributed by atoms with E-state index in [9.17, 15) is 0 Å². The van der Waals surface area contributed by atoms with Crippen molar-refractivity contribution >= 4 is 0 Å². The molecule has 1 aliphatic heterocycles. The van der Waals surface area contributed by atoms with Gasteiger partial charge in [-0.05, 0) is 6.42 Å². The maximum Gasteiger partial charge on any atom is 0.124 e. The first-order chi connectivity index (χ1) is 4.88. The third kappa shape index (κ3) is 0.603. The third-order valence-corrected chi connectivity index (χ3v) is 1.65. The number of hydrogen-bond donors (Lipinski definition) is 3. The van der Waals surface area contributed by atoms with Crippen LogP contribution in [0.5, 0.6) is 0 Å². The molecule has 0 spiro atoms. The van der Waals surface area contributed by atoms with Crippen molar-refractivity contribution in [1.82, 2.24) is 10.9 Å². The van der Waals surface area contributed by atoms with Gasteiger partial charge in [0.15, 0.2) is 0 Å². The predicted molar refractivity (Wildman–Crippen MR) is 39.3 cm³/mol. The number of allylic oxidation sites excluding steroid dienone is 3. The second-order valence-electron chi connectivity index (χ2n) is 2.33. The van der Waals surface area contributed by atoms with Gasteiger partial charge in [-0.1, -0.05) is 18.2 Å². The molecule has 4 N–H and O–H groups in total. The van der Waals surface area contributed by atoms with E-state index in [2.05, 4.69) is 23.0 Å². The molecule has 0 atom stereocenters. The third-order valence-electron chi connectivity index (χ3n) is 1.65. The van der Waals surface area contributed by atoms with Crippen molar-refractivity contribution in [3.63, 3.8) is 0 Å². The van der Waals surface area contributed by atoms with E-state index in [4.69, 9.17) is 5.73 Å². The molecule has 0 saturated heterocycles. The van der Waals surface area contributed by atoms with Gasteiger partial charge in [0.25, 0.3) is 0 Å². The molecule has 0 saturated carbocycles. The van der Waals surface area contributed by atoms with Crippen molar-refractivity contribution in [1.29, 1.82) is 0 Å². The first kappa shape index (κ1) is 5.41. The lowest BCUT2D eigenvalue weighted by Crippen LogP contribution is -2.26. The van der Waals surface area contributed by atoms with E-state index in [0.29, 0.717) is 5.82 Å². The quantitative estimate of drug-likeness (QED) is 0.442. The molecule has 0 fully saturated rings. The maximum atomic E-state index is 5.60. The first-order valence-corrected chi connectivity index (χ1v) is 3.27. The Hall–Kier alpha value is -1.38. The molecule has 2 aliphatic rings. The fourth-order valence-corrected chi connectivity index (χ4v) is 1.13. The van der Waals surface area contributed by atoms with Crippen LogP contribution in [0.25, 0.3) is 0 Å². The Balaban J connectivity index is 2.44. The standard InChI is InChI=1S/C7H9N3/c8-7-5-3-1-2-4-6(5)9-10-7/h1,3-4,9-10H,2,8H2. The molecule has 0 aromatic carbocycles. The van der Waals surface area contributed by atoms with Crippen LogP contribution in [0.15, 0.2) is 35.3 Å². The normalized spacial score (nSPS) is 21.4. The van der Waals surface area contributed by atoms with E-state index in [1.165, 1.54) is 0 Å². The molecule has 1 heterocycles. The topological polar surface area (TPSA) is 50.1 Å². The summed E-state index contributed by atoms with van der Waals surface area (Å²) in [5.41, 5.74) is 13.6. The van der Waals surface area contributed by atoms with Crippen molar-refractivity contribution in [2.75, 3.05) is 0 Å². The van der Waals surface area contributed by atoms with Gasteiger partial charge in [0.1, 0.15) is 5.82 Å². The van der Waals surface area contributed by atoms with Gasteiger partial charge >= 0.3 is 0 Å². The van der Waals surface area contributed by atoms with E-state index < -0.39 is 0 Å². The zero-order valence-electron chi connectivity index (χ0n) is 5.52. The Morgan fingerprint density at radius 2 is 2.30 bits per heavy atom. The molecule has 52 valence electrons. The van der Waals surface area contributed by atoms with E-state index in [0.717, 1.165) is 17.7 Å². The molecular weight excluding hydrogens is 126 g/mol. The smallest absolute Gasteiger partial charge is 0.124 e. The largest absolute Gasteiger partial charge is 0.384 e. The lowest BCUT2D eigenvalue weighted by Gasteiger charge is -2.02. The number of nitrogens with one attached hydrogen (secondary N) is 2. The van der Waals surface area contributed by atoms with Crippen LogP contribution in [0.1, 0.15) is 6.42 Å². The summed E-state index contributed by atoms with van der Waals surface area (Å²) in [5, 5.41) is 0. The van der Waals surface area contributed by atoms with Gasteiger partial charge in [0, 0.05) is 5.57 Å². The summed E-state index contributed by atoms with van der Waals surface area (Å²) in [5.74, 6) is 0.710. The van der Waals surface area contributed by atoms with E-state index in [1.807, 2.05) is 6.08 Å². The second-order valence-corrected chi connectivity index (χ2v) is 2.33. The summed E-state index contributed by atoms with van der Waals surface area (Å²) >= 11 is 0. The summed E-state index contributed by atoms with van der Waals surface area (Å²) in [6.45, 7) is 0. The molecule has 3 nitrogen and oxygen atoms in total. The summed E-state index contributed by atoms with van der Waals surface area (Å²) in [7, 11) is 0. The molecule has 0 aromatic heterocycles. The summed E-state index contributed by atoms with van der Waals surface area (Å²) in [6, 6.07) is 0. The van der Waals surface area contributed by atoms with Crippen LogP contribution in [-0.4, -0.2) is 0 Å². The minimum atomic E-state index is 0.710. The highest BCUT2D eigenvalue weighted by Crippen LogP contribution is 2.19. The van der Waals surface area contributed by atoms with Gasteiger partial charge in [0.05, 0.1) is 5.70 Å². The Bertz CT molecular complexity index is 248. The lowest BCUT2D eigenvalue weighted by molar-refractivity contribution is 0.738. The molecule has 0 bridgehead atoms. The highest BCUT2D eigenvalue weighted by molar-refractivity contribution is 5.46. The SMILES string of the molecule is NC1=C2C=CCC=C2NN1. The average Bonchev–Trinajstić information content (AvgIpc) is 2.34. The van der Waals surface area contributed by atoms with Gasteiger partial charge in [0.2, 0.25) is 0 Å². The van der Waals surface area contributed by atoms with E-state index in [-0.39, 0.29) is 0 Å². The van der Waals surface area contributed by atoms with Crippen LogP contribution in [0.3, 0.4) is 0 Å². The highest BCUT2D eigenvalue weighted by Gasteiger charge is 2.14. The number of fused-ring (bicyclic) bond motifs is 1. The number of hydrazine groups is 1. The van der Waals surface area contributed by atoms with E-state index >= 15 is 0 Å². The Morgan fingerprint density at radius 1 is 1.40 bits per heavy atom. The maximum absolute atomic E-state index is 5.60. The highest BCUT2D eigenvalue weighted by atomic mass is 15.4. The van der Waals surface area contributed by atoms with Crippen molar-refractivity contribution < 1.29 is 0 Å². The number of hydrogen-bond acceptors (Lipinski definition) is 3. The van der Waals surface area contributed by atoms with Crippen molar-refractivity contribution in [2.45, 2.75) is 6.42 Å². The molecule has 0 unspecified atom stereocenters. The van der Waals surface area contributed by atoms with Gasteiger partial charge in [-0.25, -0.2) is 0 Å². The Morgan fingerprint density at radius 3 is 3.10 bits per heavy atom. The van der Waals surface area contributed by atoms with Crippen LogP contribution in [0, 0.1) is 0 Å². The Kier molecular flexibility index (Phi) is 0.974. The monoisotopic (exact) mass is 135 g/mol. The van der Waals surface area contributed by atoms with Crippen LogP contribution in [0.2, 0.25) is 0 Å². The average molecular weight is 135 g/mol. The molecule has 2 rings (SSSR count). The predicted octanol–water partition coefficient (Wildman–Crippen LogP) is 0.108. The Labute approximate surface area is 59.3 Å². The van der Waals surface area contributed by atoms with Crippen molar-refractivity contribution in [3.8, 4) is 0 Å². The molecule has 0 amide bonds. The van der Waals surface area contributed by atoms with Gasteiger partial charge in [-0.15, -0.1) is 0 Å². The molecule has 0 radical (unpaired) electrons. The first-order valence-electron chi connectivity index (χ1n) is 3.27. The summed E-state index contributed by atoms with van der Waals surface area (Å²) < 4.78 is 0. The minimum Gasteiger partial charge on any atom is -0.384 e. The fraction of sp³-hybridized carbons (Fsp3) is 0.143. The lowest BCUT2D eigenvalue weighted by atomic mass is 10.1. The van der Waals surface area contributed by atoms with Crippen LogP contribution in [0.4, 0.5) is 0 Å². The van der Waals surface area contributed by atoms with Crippen molar-refractivity contribution in [3.05, 3.63) is 35.3 Å². The van der Waals surface area contributed by atoms with Crippen molar-refractivity contribution in [2.24, 2.45) is 5.73 Å². The van der Waals surface area contributed by atoms with Crippen LogP contribution < -0.4 is 16.6 Å².